The fourth-order valence-corrected chi connectivity index (χ4v) is 1.91. The maximum absolute atomic E-state index is 8.74. The summed E-state index contributed by atoms with van der Waals surface area (Å²) in [4.78, 5) is 0. The van der Waals surface area contributed by atoms with Crippen LogP contribution in [0.2, 0.25) is 5.02 Å². The molecule has 16 heavy (non-hydrogen) atoms. The Balaban J connectivity index is 3.14. The summed E-state index contributed by atoms with van der Waals surface area (Å²) in [5, 5.41) is 12.4. The minimum atomic E-state index is 0.00778. The van der Waals surface area contributed by atoms with Crippen molar-refractivity contribution in [3.8, 4) is 11.8 Å². The van der Waals surface area contributed by atoms with Crippen LogP contribution in [-0.4, -0.2) is 14.2 Å². The number of ether oxygens (including phenoxy) is 1. The first-order valence-electron chi connectivity index (χ1n) is 5.02. The van der Waals surface area contributed by atoms with Gasteiger partial charge in [-0.25, -0.2) is 0 Å². The largest absolute Gasteiger partial charge is 0.495 e. The van der Waals surface area contributed by atoms with Gasteiger partial charge in [0.15, 0.2) is 0 Å². The van der Waals surface area contributed by atoms with Gasteiger partial charge < -0.3 is 10.1 Å². The molecule has 0 aliphatic carbocycles. The smallest absolute Gasteiger partial charge is 0.137 e. The van der Waals surface area contributed by atoms with Crippen molar-refractivity contribution in [3.05, 3.63) is 28.3 Å². The van der Waals surface area contributed by atoms with E-state index in [4.69, 9.17) is 21.6 Å². The van der Waals surface area contributed by atoms with E-state index < -0.39 is 0 Å². The lowest BCUT2D eigenvalue weighted by molar-refractivity contribution is 0.414. The summed E-state index contributed by atoms with van der Waals surface area (Å²) >= 11 is 6.07. The maximum Gasteiger partial charge on any atom is 0.137 e. The molecule has 0 saturated carbocycles. The molecule has 86 valence electrons. The molecule has 0 aliphatic rings. The predicted octanol–water partition coefficient (Wildman–Crippen LogP) is 2.83. The SMILES string of the molecule is CNC(CC#N)c1cc(Cl)c(OC)cc1C. The third-order valence-electron chi connectivity index (χ3n) is 2.56. The summed E-state index contributed by atoms with van der Waals surface area (Å²) in [6, 6.07) is 5.91. The summed E-state index contributed by atoms with van der Waals surface area (Å²) < 4.78 is 5.14. The van der Waals surface area contributed by atoms with Crippen molar-refractivity contribution in [2.45, 2.75) is 19.4 Å². The summed E-state index contributed by atoms with van der Waals surface area (Å²) in [6.45, 7) is 1.98. The second kappa shape index (κ2) is 5.74. The van der Waals surface area contributed by atoms with Gasteiger partial charge in [-0.15, -0.1) is 0 Å². The molecule has 1 rings (SSSR count). The van der Waals surface area contributed by atoms with Crippen molar-refractivity contribution in [1.29, 1.82) is 5.26 Å². The molecule has 3 nitrogen and oxygen atoms in total. The van der Waals surface area contributed by atoms with Crippen LogP contribution in [0.15, 0.2) is 12.1 Å². The molecule has 0 spiro atoms. The number of nitriles is 1. The normalized spacial score (nSPS) is 11.9. The standard InChI is InChI=1S/C12H15ClN2O/c1-8-6-12(16-3)10(13)7-9(8)11(15-2)4-5-14/h6-7,11,15H,4H2,1-3H3. The Labute approximate surface area is 101 Å². The molecule has 4 heteroatoms. The highest BCUT2D eigenvalue weighted by Gasteiger charge is 2.14. The fourth-order valence-electron chi connectivity index (χ4n) is 1.66. The number of methoxy groups -OCH3 is 1. The van der Waals surface area contributed by atoms with Gasteiger partial charge in [-0.3, -0.25) is 0 Å². The van der Waals surface area contributed by atoms with Crippen LogP contribution in [0.25, 0.3) is 0 Å². The monoisotopic (exact) mass is 238 g/mol. The van der Waals surface area contributed by atoms with Gasteiger partial charge in [-0.1, -0.05) is 11.6 Å². The van der Waals surface area contributed by atoms with Crippen LogP contribution in [0.5, 0.6) is 5.75 Å². The molecule has 0 heterocycles. The third-order valence-corrected chi connectivity index (χ3v) is 2.86. The highest BCUT2D eigenvalue weighted by Crippen LogP contribution is 2.31. The number of benzene rings is 1. The van der Waals surface area contributed by atoms with Crippen molar-refractivity contribution in [2.75, 3.05) is 14.2 Å². The van der Waals surface area contributed by atoms with E-state index in [2.05, 4.69) is 11.4 Å². The molecule has 1 aromatic rings. The summed E-state index contributed by atoms with van der Waals surface area (Å²) in [5.41, 5.74) is 2.10. The van der Waals surface area contributed by atoms with E-state index in [1.54, 1.807) is 7.11 Å². The number of aryl methyl sites for hydroxylation is 1. The molecule has 1 atom stereocenters. The fraction of sp³-hybridized carbons (Fsp3) is 0.417. The zero-order valence-electron chi connectivity index (χ0n) is 9.67. The topological polar surface area (TPSA) is 45.0 Å². The molecule has 1 aromatic carbocycles. The van der Waals surface area contributed by atoms with E-state index in [0.29, 0.717) is 17.2 Å². The van der Waals surface area contributed by atoms with Crippen molar-refractivity contribution < 1.29 is 4.74 Å². The van der Waals surface area contributed by atoms with Crippen molar-refractivity contribution in [3.63, 3.8) is 0 Å². The first kappa shape index (κ1) is 12.8. The summed E-state index contributed by atoms with van der Waals surface area (Å²) in [7, 11) is 3.42. The molecule has 0 aliphatic heterocycles. The van der Waals surface area contributed by atoms with Gasteiger partial charge in [0.2, 0.25) is 0 Å². The van der Waals surface area contributed by atoms with Crippen LogP contribution in [0, 0.1) is 18.3 Å². The number of nitrogens with one attached hydrogen (secondary N) is 1. The Morgan fingerprint density at radius 3 is 2.75 bits per heavy atom. The van der Waals surface area contributed by atoms with E-state index in [-0.39, 0.29) is 6.04 Å². The molecule has 1 unspecified atom stereocenters. The van der Waals surface area contributed by atoms with Crippen LogP contribution in [0.3, 0.4) is 0 Å². The third kappa shape index (κ3) is 2.66. The zero-order valence-corrected chi connectivity index (χ0v) is 10.4. The van der Waals surface area contributed by atoms with Crippen molar-refractivity contribution in [2.24, 2.45) is 0 Å². The summed E-state index contributed by atoms with van der Waals surface area (Å²) in [5.74, 6) is 0.662. The van der Waals surface area contributed by atoms with Crippen LogP contribution in [0.1, 0.15) is 23.6 Å². The lowest BCUT2D eigenvalue weighted by Crippen LogP contribution is -2.16. The molecule has 0 fully saturated rings. The second-order valence-corrected chi connectivity index (χ2v) is 3.95. The van der Waals surface area contributed by atoms with E-state index in [0.717, 1.165) is 11.1 Å². The van der Waals surface area contributed by atoms with Crippen LogP contribution >= 0.6 is 11.6 Å². The van der Waals surface area contributed by atoms with Gasteiger partial charge in [0.25, 0.3) is 0 Å². The zero-order chi connectivity index (χ0) is 12.1. The number of hydrogen-bond acceptors (Lipinski definition) is 3. The molecule has 1 N–H and O–H groups in total. The van der Waals surface area contributed by atoms with Crippen LogP contribution in [0.4, 0.5) is 0 Å². The highest BCUT2D eigenvalue weighted by molar-refractivity contribution is 6.32. The minimum absolute atomic E-state index is 0.00778. The second-order valence-electron chi connectivity index (χ2n) is 3.55. The van der Waals surface area contributed by atoms with Gasteiger partial charge in [0.05, 0.1) is 24.6 Å². The first-order valence-corrected chi connectivity index (χ1v) is 5.40. The average molecular weight is 239 g/mol. The Bertz CT molecular complexity index is 412. The highest BCUT2D eigenvalue weighted by atomic mass is 35.5. The van der Waals surface area contributed by atoms with E-state index in [1.807, 2.05) is 26.1 Å². The van der Waals surface area contributed by atoms with Gasteiger partial charge in [0.1, 0.15) is 5.75 Å². The Morgan fingerprint density at radius 1 is 1.56 bits per heavy atom. The van der Waals surface area contributed by atoms with Gasteiger partial charge >= 0.3 is 0 Å². The Kier molecular flexibility index (Phi) is 4.60. The minimum Gasteiger partial charge on any atom is -0.495 e. The van der Waals surface area contributed by atoms with Gasteiger partial charge in [0, 0.05) is 6.04 Å². The molecule has 0 saturated heterocycles. The van der Waals surface area contributed by atoms with Crippen LogP contribution in [-0.2, 0) is 0 Å². The number of rotatable bonds is 4. The first-order chi connectivity index (χ1) is 7.63. The molecular formula is C12H15ClN2O. The number of hydrogen-bond donors (Lipinski definition) is 1. The number of nitrogens with zero attached hydrogens (tertiary/aromatic N) is 1. The van der Waals surface area contributed by atoms with E-state index >= 15 is 0 Å². The van der Waals surface area contributed by atoms with Gasteiger partial charge in [-0.2, -0.15) is 5.26 Å². The molecule has 0 aromatic heterocycles. The van der Waals surface area contributed by atoms with Crippen molar-refractivity contribution >= 4 is 11.6 Å². The number of halogens is 1. The Hall–Kier alpha value is -1.24. The van der Waals surface area contributed by atoms with Gasteiger partial charge in [-0.05, 0) is 37.2 Å². The quantitative estimate of drug-likeness (QED) is 0.877. The molecular weight excluding hydrogens is 224 g/mol. The van der Waals surface area contributed by atoms with Crippen molar-refractivity contribution in [1.82, 2.24) is 5.32 Å². The molecule has 0 amide bonds. The van der Waals surface area contributed by atoms with Crippen LogP contribution < -0.4 is 10.1 Å². The maximum atomic E-state index is 8.74. The lowest BCUT2D eigenvalue weighted by Gasteiger charge is -2.17. The lowest BCUT2D eigenvalue weighted by atomic mass is 9.99. The molecule has 0 radical (unpaired) electrons. The van der Waals surface area contributed by atoms with E-state index in [9.17, 15) is 0 Å². The Morgan fingerprint density at radius 2 is 2.25 bits per heavy atom. The summed E-state index contributed by atoms with van der Waals surface area (Å²) in [6.07, 6.45) is 0.417. The van der Waals surface area contributed by atoms with E-state index in [1.165, 1.54) is 0 Å². The predicted molar refractivity (Wildman–Crippen MR) is 64.8 cm³/mol. The average Bonchev–Trinajstić information content (AvgIpc) is 2.28. The molecule has 0 bridgehead atoms.